The SMILES string of the molecule is CN1CCN(c2ccc(NS(=O)(=O)CCCc3ccccc3)nn2)CC1. The molecular weight excluding hydrogens is 350 g/mol. The standard InChI is InChI=1S/C18H25N5O2S/c1-22-11-13-23(14-12-22)18-10-9-17(19-20-18)21-26(24,25)15-5-8-16-6-3-2-4-7-16/h2-4,6-7,9-10H,5,8,11-15H2,1H3,(H,19,21). The van der Waals surface area contributed by atoms with E-state index in [9.17, 15) is 8.42 Å². The predicted octanol–water partition coefficient (Wildman–Crippen LogP) is 1.60. The zero-order valence-electron chi connectivity index (χ0n) is 15.0. The van der Waals surface area contributed by atoms with Gasteiger partial charge in [-0.05, 0) is 37.6 Å². The average molecular weight is 375 g/mol. The summed E-state index contributed by atoms with van der Waals surface area (Å²) in [4.78, 5) is 4.42. The van der Waals surface area contributed by atoms with E-state index in [0.717, 1.165) is 44.0 Å². The summed E-state index contributed by atoms with van der Waals surface area (Å²) in [6.45, 7) is 3.76. The third kappa shape index (κ3) is 5.40. The normalized spacial score (nSPS) is 15.8. The molecule has 2 aromatic rings. The highest BCUT2D eigenvalue weighted by atomic mass is 32.2. The van der Waals surface area contributed by atoms with Crippen LogP contribution in [0, 0.1) is 0 Å². The van der Waals surface area contributed by atoms with Gasteiger partial charge in [-0.1, -0.05) is 30.3 Å². The van der Waals surface area contributed by atoms with Gasteiger partial charge in [-0.3, -0.25) is 4.72 Å². The molecule has 1 saturated heterocycles. The second-order valence-corrected chi connectivity index (χ2v) is 8.42. The number of sulfonamides is 1. The van der Waals surface area contributed by atoms with Gasteiger partial charge in [0.15, 0.2) is 11.6 Å². The Morgan fingerprint density at radius 2 is 1.73 bits per heavy atom. The minimum absolute atomic E-state index is 0.0593. The smallest absolute Gasteiger partial charge is 0.233 e. The molecule has 1 aromatic carbocycles. The molecule has 2 heterocycles. The van der Waals surface area contributed by atoms with E-state index in [1.54, 1.807) is 6.07 Å². The van der Waals surface area contributed by atoms with E-state index >= 15 is 0 Å². The number of aryl methyl sites for hydroxylation is 1. The van der Waals surface area contributed by atoms with E-state index in [1.807, 2.05) is 36.4 Å². The van der Waals surface area contributed by atoms with E-state index < -0.39 is 10.0 Å². The molecule has 0 bridgehead atoms. The van der Waals surface area contributed by atoms with Crippen molar-refractivity contribution in [3.05, 3.63) is 48.0 Å². The van der Waals surface area contributed by atoms with Gasteiger partial charge in [0.25, 0.3) is 0 Å². The Hall–Kier alpha value is -2.19. The summed E-state index contributed by atoms with van der Waals surface area (Å²) in [5.74, 6) is 1.11. The molecule has 0 aliphatic carbocycles. The van der Waals surface area contributed by atoms with Gasteiger partial charge >= 0.3 is 0 Å². The van der Waals surface area contributed by atoms with Crippen LogP contribution in [0.5, 0.6) is 0 Å². The highest BCUT2D eigenvalue weighted by Crippen LogP contribution is 2.15. The molecule has 0 saturated carbocycles. The summed E-state index contributed by atoms with van der Waals surface area (Å²) < 4.78 is 26.9. The molecule has 0 spiro atoms. The van der Waals surface area contributed by atoms with E-state index in [2.05, 4.69) is 31.8 Å². The number of likely N-dealkylation sites (N-methyl/N-ethyl adjacent to an activating group) is 1. The van der Waals surface area contributed by atoms with Crippen molar-refractivity contribution in [1.82, 2.24) is 15.1 Å². The highest BCUT2D eigenvalue weighted by molar-refractivity contribution is 7.92. The Bertz CT molecular complexity index is 788. The number of hydrogen-bond donors (Lipinski definition) is 1. The Morgan fingerprint density at radius 1 is 1.00 bits per heavy atom. The summed E-state index contributed by atoms with van der Waals surface area (Å²) in [5.41, 5.74) is 1.14. The van der Waals surface area contributed by atoms with Crippen LogP contribution in [0.15, 0.2) is 42.5 Å². The largest absolute Gasteiger partial charge is 0.353 e. The number of aromatic nitrogens is 2. The summed E-state index contributed by atoms with van der Waals surface area (Å²) >= 11 is 0. The lowest BCUT2D eigenvalue weighted by Crippen LogP contribution is -2.44. The van der Waals surface area contributed by atoms with Crippen LogP contribution in [-0.2, 0) is 16.4 Å². The van der Waals surface area contributed by atoms with Crippen molar-refractivity contribution in [3.63, 3.8) is 0 Å². The molecule has 0 atom stereocenters. The van der Waals surface area contributed by atoms with Crippen molar-refractivity contribution in [2.24, 2.45) is 0 Å². The van der Waals surface area contributed by atoms with Crippen molar-refractivity contribution in [3.8, 4) is 0 Å². The van der Waals surface area contributed by atoms with Crippen LogP contribution >= 0.6 is 0 Å². The van der Waals surface area contributed by atoms with Crippen molar-refractivity contribution >= 4 is 21.7 Å². The summed E-state index contributed by atoms with van der Waals surface area (Å²) in [7, 11) is -1.33. The number of piperazine rings is 1. The second-order valence-electron chi connectivity index (χ2n) is 6.58. The number of benzene rings is 1. The maximum Gasteiger partial charge on any atom is 0.233 e. The lowest BCUT2D eigenvalue weighted by Gasteiger charge is -2.32. The first-order chi connectivity index (χ1) is 12.5. The van der Waals surface area contributed by atoms with Crippen LogP contribution in [0.2, 0.25) is 0 Å². The summed E-state index contributed by atoms with van der Waals surface area (Å²) in [6, 6.07) is 13.4. The van der Waals surface area contributed by atoms with Crippen LogP contribution in [0.4, 0.5) is 11.6 Å². The Balaban J connectivity index is 1.51. The lowest BCUT2D eigenvalue weighted by molar-refractivity contribution is 0.312. The minimum Gasteiger partial charge on any atom is -0.353 e. The number of nitrogens with zero attached hydrogens (tertiary/aromatic N) is 4. The van der Waals surface area contributed by atoms with E-state index in [4.69, 9.17) is 0 Å². The van der Waals surface area contributed by atoms with Gasteiger partial charge in [-0.2, -0.15) is 0 Å². The maximum atomic E-state index is 12.2. The van der Waals surface area contributed by atoms with Crippen LogP contribution in [0.1, 0.15) is 12.0 Å². The van der Waals surface area contributed by atoms with Crippen LogP contribution < -0.4 is 9.62 Å². The fraction of sp³-hybridized carbons (Fsp3) is 0.444. The molecule has 1 aliphatic rings. The van der Waals surface area contributed by atoms with Crippen LogP contribution in [0.25, 0.3) is 0 Å². The monoisotopic (exact) mass is 375 g/mol. The summed E-state index contributed by atoms with van der Waals surface area (Å²) in [5, 5.41) is 8.20. The van der Waals surface area contributed by atoms with Gasteiger partial charge in [0, 0.05) is 26.2 Å². The Kier molecular flexibility index (Phi) is 6.05. The van der Waals surface area contributed by atoms with Crippen molar-refractivity contribution in [2.75, 3.05) is 48.6 Å². The van der Waals surface area contributed by atoms with Crippen molar-refractivity contribution in [1.29, 1.82) is 0 Å². The van der Waals surface area contributed by atoms with Crippen LogP contribution in [0.3, 0.4) is 0 Å². The van der Waals surface area contributed by atoms with Crippen molar-refractivity contribution in [2.45, 2.75) is 12.8 Å². The van der Waals surface area contributed by atoms with Gasteiger partial charge in [-0.25, -0.2) is 8.42 Å². The fourth-order valence-electron chi connectivity index (χ4n) is 2.91. The number of hydrogen-bond acceptors (Lipinski definition) is 6. The molecule has 140 valence electrons. The van der Waals surface area contributed by atoms with Gasteiger partial charge in [-0.15, -0.1) is 10.2 Å². The quantitative estimate of drug-likeness (QED) is 0.792. The van der Waals surface area contributed by atoms with Gasteiger partial charge in [0.2, 0.25) is 10.0 Å². The van der Waals surface area contributed by atoms with Gasteiger partial charge in [0.1, 0.15) is 0 Å². The third-order valence-electron chi connectivity index (χ3n) is 4.46. The lowest BCUT2D eigenvalue weighted by atomic mass is 10.1. The molecule has 1 N–H and O–H groups in total. The van der Waals surface area contributed by atoms with E-state index in [0.29, 0.717) is 6.42 Å². The van der Waals surface area contributed by atoms with Crippen molar-refractivity contribution < 1.29 is 8.42 Å². The molecule has 8 heteroatoms. The first-order valence-electron chi connectivity index (χ1n) is 8.83. The predicted molar refractivity (Wildman–Crippen MR) is 104 cm³/mol. The molecule has 26 heavy (non-hydrogen) atoms. The van der Waals surface area contributed by atoms with Crippen LogP contribution in [-0.4, -0.2) is 62.5 Å². The number of anilines is 2. The molecular formula is C18H25N5O2S. The average Bonchev–Trinajstić information content (AvgIpc) is 2.63. The molecule has 0 radical (unpaired) electrons. The first-order valence-corrected chi connectivity index (χ1v) is 10.5. The minimum atomic E-state index is -3.42. The van der Waals surface area contributed by atoms with E-state index in [-0.39, 0.29) is 11.6 Å². The number of nitrogens with one attached hydrogen (secondary N) is 1. The molecule has 0 amide bonds. The Labute approximate surface area is 155 Å². The fourth-order valence-corrected chi connectivity index (χ4v) is 3.96. The summed E-state index contributed by atoms with van der Waals surface area (Å²) in [6.07, 6.45) is 1.29. The zero-order chi connectivity index (χ0) is 18.4. The van der Waals surface area contributed by atoms with E-state index in [1.165, 1.54) is 0 Å². The Morgan fingerprint density at radius 3 is 2.38 bits per heavy atom. The number of rotatable bonds is 7. The molecule has 0 unspecified atom stereocenters. The third-order valence-corrected chi connectivity index (χ3v) is 5.81. The molecule has 1 aromatic heterocycles. The molecule has 1 fully saturated rings. The maximum absolute atomic E-state index is 12.2. The molecule has 1 aliphatic heterocycles. The topological polar surface area (TPSA) is 78.4 Å². The molecule has 3 rings (SSSR count). The second kappa shape index (κ2) is 8.46. The first kappa shape index (κ1) is 18.6. The molecule has 7 nitrogen and oxygen atoms in total. The van der Waals surface area contributed by atoms with Gasteiger partial charge in [0.05, 0.1) is 5.75 Å². The van der Waals surface area contributed by atoms with Gasteiger partial charge < -0.3 is 9.80 Å². The zero-order valence-corrected chi connectivity index (χ0v) is 15.8. The highest BCUT2D eigenvalue weighted by Gasteiger charge is 2.16.